The first-order valence-corrected chi connectivity index (χ1v) is 8.84. The Balaban J connectivity index is 1.98. The lowest BCUT2D eigenvalue weighted by atomic mass is 9.97. The van der Waals surface area contributed by atoms with E-state index in [1.807, 2.05) is 36.4 Å². The molecule has 0 saturated heterocycles. The Bertz CT molecular complexity index is 910. The smallest absolute Gasteiger partial charge is 0.240 e. The Kier molecular flexibility index (Phi) is 5.73. The number of amides is 1. The van der Waals surface area contributed by atoms with Crippen molar-refractivity contribution in [3.63, 3.8) is 0 Å². The van der Waals surface area contributed by atoms with Crippen LogP contribution in [0.3, 0.4) is 0 Å². The van der Waals surface area contributed by atoms with E-state index in [2.05, 4.69) is 5.10 Å². The van der Waals surface area contributed by atoms with E-state index in [1.54, 1.807) is 28.4 Å². The molecule has 1 aliphatic rings. The first-order valence-electron chi connectivity index (χ1n) is 8.84. The predicted molar refractivity (Wildman–Crippen MR) is 106 cm³/mol. The highest BCUT2D eigenvalue weighted by molar-refractivity contribution is 6.03. The van der Waals surface area contributed by atoms with Crippen molar-refractivity contribution in [2.24, 2.45) is 5.10 Å². The van der Waals surface area contributed by atoms with Gasteiger partial charge in [0, 0.05) is 30.5 Å². The fourth-order valence-electron chi connectivity index (χ4n) is 3.33. The summed E-state index contributed by atoms with van der Waals surface area (Å²) in [5.41, 5.74) is 2.54. The highest BCUT2D eigenvalue weighted by atomic mass is 16.5. The second-order valence-electron chi connectivity index (χ2n) is 6.31. The molecule has 0 fully saturated rings. The Labute approximate surface area is 164 Å². The molecule has 1 atom stereocenters. The van der Waals surface area contributed by atoms with Crippen LogP contribution in [0.25, 0.3) is 0 Å². The maximum atomic E-state index is 12.3. The first-order chi connectivity index (χ1) is 13.5. The molecule has 0 unspecified atom stereocenters. The number of benzene rings is 2. The van der Waals surface area contributed by atoms with Crippen molar-refractivity contribution in [1.82, 2.24) is 5.01 Å². The first kappa shape index (κ1) is 19.5. The van der Waals surface area contributed by atoms with Crippen LogP contribution in [0.5, 0.6) is 23.0 Å². The van der Waals surface area contributed by atoms with Crippen LogP contribution >= 0.6 is 0 Å². The largest absolute Gasteiger partial charge is 0.497 e. The molecule has 0 spiro atoms. The molecule has 0 saturated carbocycles. The van der Waals surface area contributed by atoms with Crippen LogP contribution in [0.2, 0.25) is 0 Å². The molecule has 28 heavy (non-hydrogen) atoms. The third-order valence-electron chi connectivity index (χ3n) is 4.75. The molecule has 3 rings (SSSR count). The van der Waals surface area contributed by atoms with E-state index in [-0.39, 0.29) is 11.9 Å². The highest BCUT2D eigenvalue weighted by Gasteiger charge is 2.33. The summed E-state index contributed by atoms with van der Waals surface area (Å²) in [6.07, 6.45) is 0.553. The Morgan fingerprint density at radius 1 is 0.929 bits per heavy atom. The fourth-order valence-corrected chi connectivity index (χ4v) is 3.33. The predicted octanol–water partition coefficient (Wildman–Crippen LogP) is 3.42. The molecular formula is C21H24N2O5. The minimum atomic E-state index is -0.263. The minimum Gasteiger partial charge on any atom is -0.497 e. The summed E-state index contributed by atoms with van der Waals surface area (Å²) in [4.78, 5) is 12.3. The van der Waals surface area contributed by atoms with Crippen molar-refractivity contribution in [2.75, 3.05) is 28.4 Å². The van der Waals surface area contributed by atoms with Gasteiger partial charge in [-0.25, -0.2) is 5.01 Å². The van der Waals surface area contributed by atoms with Gasteiger partial charge in [-0.3, -0.25) is 4.79 Å². The second kappa shape index (κ2) is 8.21. The molecule has 0 bridgehead atoms. The zero-order valence-corrected chi connectivity index (χ0v) is 16.7. The number of methoxy groups -OCH3 is 4. The SMILES string of the molecule is COc1ccc([C@@H]2CC(c3ccc(OC)c(OC)c3)=NN2C(C)=O)c(OC)c1. The van der Waals surface area contributed by atoms with E-state index in [0.29, 0.717) is 29.4 Å². The molecule has 2 aromatic rings. The van der Waals surface area contributed by atoms with Gasteiger partial charge in [-0.1, -0.05) is 0 Å². The molecular weight excluding hydrogens is 360 g/mol. The van der Waals surface area contributed by atoms with Crippen LogP contribution in [-0.2, 0) is 4.79 Å². The van der Waals surface area contributed by atoms with Crippen LogP contribution in [0.4, 0.5) is 0 Å². The number of hydrogen-bond donors (Lipinski definition) is 0. The summed E-state index contributed by atoms with van der Waals surface area (Å²) in [5, 5.41) is 6.08. The standard InChI is InChI=1S/C21H24N2O5/c1-13(24)23-18(16-8-7-15(25-2)11-20(16)27-4)12-17(22-23)14-6-9-19(26-3)21(10-14)28-5/h6-11,18H,12H2,1-5H3/t18-/m0/s1. The van der Waals surface area contributed by atoms with Gasteiger partial charge >= 0.3 is 0 Å². The lowest BCUT2D eigenvalue weighted by molar-refractivity contribution is -0.130. The molecule has 0 aromatic heterocycles. The molecule has 2 aromatic carbocycles. The van der Waals surface area contributed by atoms with Gasteiger partial charge in [-0.05, 0) is 30.3 Å². The minimum absolute atomic E-state index is 0.140. The number of carbonyl (C=O) groups excluding carboxylic acids is 1. The highest BCUT2D eigenvalue weighted by Crippen LogP contribution is 2.39. The molecule has 0 aliphatic carbocycles. The summed E-state index contributed by atoms with van der Waals surface area (Å²) in [6.45, 7) is 1.50. The van der Waals surface area contributed by atoms with Crippen molar-refractivity contribution in [3.05, 3.63) is 47.5 Å². The normalized spacial score (nSPS) is 15.8. The fraction of sp³-hybridized carbons (Fsp3) is 0.333. The van der Waals surface area contributed by atoms with E-state index in [0.717, 1.165) is 16.8 Å². The van der Waals surface area contributed by atoms with Crippen LogP contribution in [0.1, 0.15) is 30.5 Å². The molecule has 7 nitrogen and oxygen atoms in total. The lowest BCUT2D eigenvalue weighted by Gasteiger charge is -2.22. The van der Waals surface area contributed by atoms with Crippen molar-refractivity contribution in [2.45, 2.75) is 19.4 Å². The summed E-state index contributed by atoms with van der Waals surface area (Å²) in [5.74, 6) is 2.45. The summed E-state index contributed by atoms with van der Waals surface area (Å²) >= 11 is 0. The lowest BCUT2D eigenvalue weighted by Crippen LogP contribution is -2.24. The average Bonchev–Trinajstić information content (AvgIpc) is 3.18. The van der Waals surface area contributed by atoms with E-state index in [9.17, 15) is 4.79 Å². The molecule has 0 radical (unpaired) electrons. The third-order valence-corrected chi connectivity index (χ3v) is 4.75. The van der Waals surface area contributed by atoms with E-state index in [1.165, 1.54) is 11.9 Å². The van der Waals surface area contributed by atoms with E-state index >= 15 is 0 Å². The molecule has 0 N–H and O–H groups in total. The quantitative estimate of drug-likeness (QED) is 0.763. The van der Waals surface area contributed by atoms with Gasteiger partial charge < -0.3 is 18.9 Å². The van der Waals surface area contributed by atoms with Gasteiger partial charge in [-0.15, -0.1) is 0 Å². The summed E-state index contributed by atoms with van der Waals surface area (Å²) in [6, 6.07) is 10.9. The molecule has 1 amide bonds. The maximum absolute atomic E-state index is 12.3. The molecule has 7 heteroatoms. The molecule has 1 heterocycles. The van der Waals surface area contributed by atoms with Crippen molar-refractivity contribution >= 4 is 11.6 Å². The van der Waals surface area contributed by atoms with Crippen molar-refractivity contribution in [3.8, 4) is 23.0 Å². The number of hydrazone groups is 1. The second-order valence-corrected chi connectivity index (χ2v) is 6.31. The Morgan fingerprint density at radius 2 is 1.64 bits per heavy atom. The molecule has 148 valence electrons. The number of carbonyl (C=O) groups is 1. The number of hydrogen-bond acceptors (Lipinski definition) is 6. The van der Waals surface area contributed by atoms with Crippen LogP contribution in [0.15, 0.2) is 41.5 Å². The zero-order valence-electron chi connectivity index (χ0n) is 16.7. The van der Waals surface area contributed by atoms with Gasteiger partial charge in [0.05, 0.1) is 40.2 Å². The molecule has 1 aliphatic heterocycles. The van der Waals surface area contributed by atoms with Crippen molar-refractivity contribution in [1.29, 1.82) is 0 Å². The number of ether oxygens (including phenoxy) is 4. The number of nitrogens with zero attached hydrogens (tertiary/aromatic N) is 2. The van der Waals surface area contributed by atoms with Gasteiger partial charge in [0.15, 0.2) is 11.5 Å². The van der Waals surface area contributed by atoms with Crippen LogP contribution in [0, 0.1) is 0 Å². The third kappa shape index (κ3) is 3.60. The monoisotopic (exact) mass is 384 g/mol. The van der Waals surface area contributed by atoms with Crippen LogP contribution in [-0.4, -0.2) is 45.1 Å². The topological polar surface area (TPSA) is 69.6 Å². The van der Waals surface area contributed by atoms with Gasteiger partial charge in [0.1, 0.15) is 11.5 Å². The Morgan fingerprint density at radius 3 is 2.25 bits per heavy atom. The van der Waals surface area contributed by atoms with Gasteiger partial charge in [0.2, 0.25) is 5.91 Å². The summed E-state index contributed by atoms with van der Waals surface area (Å²) in [7, 11) is 6.38. The van der Waals surface area contributed by atoms with Crippen molar-refractivity contribution < 1.29 is 23.7 Å². The number of rotatable bonds is 6. The average molecular weight is 384 g/mol. The zero-order chi connectivity index (χ0) is 20.3. The Hall–Kier alpha value is -3.22. The van der Waals surface area contributed by atoms with Crippen LogP contribution < -0.4 is 18.9 Å². The van der Waals surface area contributed by atoms with Gasteiger partial charge in [-0.2, -0.15) is 5.10 Å². The van der Waals surface area contributed by atoms with E-state index in [4.69, 9.17) is 18.9 Å². The van der Waals surface area contributed by atoms with E-state index < -0.39 is 0 Å². The maximum Gasteiger partial charge on any atom is 0.240 e. The van der Waals surface area contributed by atoms with Gasteiger partial charge in [0.25, 0.3) is 0 Å². The summed E-state index contributed by atoms with van der Waals surface area (Å²) < 4.78 is 21.5.